The highest BCUT2D eigenvalue weighted by Gasteiger charge is 2.18. The molecule has 5 rings (SSSR count). The van der Waals surface area contributed by atoms with Gasteiger partial charge in [0.25, 0.3) is 5.91 Å². The van der Waals surface area contributed by atoms with Crippen LogP contribution < -0.4 is 24.3 Å². The Morgan fingerprint density at radius 2 is 1.95 bits per heavy atom. The summed E-state index contributed by atoms with van der Waals surface area (Å²) in [5.74, 6) is 1.69. The molecule has 1 amide bonds. The van der Waals surface area contributed by atoms with Crippen LogP contribution in [0.4, 0.5) is 5.69 Å². The van der Waals surface area contributed by atoms with Gasteiger partial charge in [0.1, 0.15) is 5.75 Å². The first-order valence-electron chi connectivity index (χ1n) is 11.7. The maximum atomic E-state index is 11.9. The molecule has 8 nitrogen and oxygen atoms in total. The van der Waals surface area contributed by atoms with Crippen LogP contribution in [-0.4, -0.2) is 44.2 Å². The minimum atomic E-state index is -0.178. The fourth-order valence-electron chi connectivity index (χ4n) is 4.02. The molecule has 37 heavy (non-hydrogen) atoms. The smallest absolute Gasteiger partial charge is 0.262 e. The summed E-state index contributed by atoms with van der Waals surface area (Å²) in [4.78, 5) is 17.5. The van der Waals surface area contributed by atoms with E-state index in [4.69, 9.17) is 24.3 Å². The van der Waals surface area contributed by atoms with Crippen molar-refractivity contribution in [2.75, 3.05) is 32.7 Å². The van der Waals surface area contributed by atoms with Crippen LogP contribution in [0.3, 0.4) is 0 Å². The molecule has 4 aromatic rings. The third-order valence-corrected chi connectivity index (χ3v) is 6.68. The summed E-state index contributed by atoms with van der Waals surface area (Å²) >= 11 is 1.50. The number of ether oxygens (including phenoxy) is 3. The number of para-hydroxylation sites is 1. The second-order valence-corrected chi connectivity index (χ2v) is 9.04. The summed E-state index contributed by atoms with van der Waals surface area (Å²) in [6.07, 6.45) is 2.56. The predicted molar refractivity (Wildman–Crippen MR) is 145 cm³/mol. The number of hydrogen-bond acceptors (Lipinski definition) is 7. The highest BCUT2D eigenvalue weighted by molar-refractivity contribution is 7.07. The van der Waals surface area contributed by atoms with Crippen LogP contribution in [0.25, 0.3) is 11.3 Å². The topological polar surface area (TPSA) is 86.4 Å². The van der Waals surface area contributed by atoms with Gasteiger partial charge in [-0.2, -0.15) is 5.10 Å². The third-order valence-electron chi connectivity index (χ3n) is 5.83. The summed E-state index contributed by atoms with van der Waals surface area (Å²) < 4.78 is 18.3. The van der Waals surface area contributed by atoms with Crippen LogP contribution in [0.5, 0.6) is 17.2 Å². The minimum Gasteiger partial charge on any atom is -0.493 e. The Bertz CT molecular complexity index is 1510. The molecule has 0 saturated carbocycles. The zero-order chi connectivity index (χ0) is 25.6. The summed E-state index contributed by atoms with van der Waals surface area (Å²) in [5.41, 5.74) is 4.34. The number of amides is 1. The maximum absolute atomic E-state index is 11.9. The molecule has 0 radical (unpaired) electrons. The number of carbonyl (C=O) groups is 1. The van der Waals surface area contributed by atoms with Gasteiger partial charge in [0.05, 0.1) is 31.8 Å². The van der Waals surface area contributed by atoms with Crippen LogP contribution in [-0.2, 0) is 11.2 Å². The molecule has 1 aromatic heterocycles. The van der Waals surface area contributed by atoms with E-state index in [2.05, 4.69) is 17.4 Å². The van der Waals surface area contributed by atoms with Crippen molar-refractivity contribution in [2.24, 2.45) is 10.1 Å². The van der Waals surface area contributed by atoms with E-state index in [0.29, 0.717) is 29.5 Å². The highest BCUT2D eigenvalue weighted by Crippen LogP contribution is 2.33. The zero-order valence-corrected chi connectivity index (χ0v) is 21.3. The van der Waals surface area contributed by atoms with Gasteiger partial charge in [-0.3, -0.25) is 9.79 Å². The normalized spacial score (nSPS) is 13.2. The van der Waals surface area contributed by atoms with Crippen LogP contribution in [0.2, 0.25) is 0 Å². The van der Waals surface area contributed by atoms with E-state index in [1.807, 2.05) is 64.7 Å². The number of rotatable bonds is 8. The predicted octanol–water partition coefficient (Wildman–Crippen LogP) is 4.59. The standard InChI is InChI=1S/C28H26N4O4S/c1-34-25-10-6-9-21(27(25)35-2)16-30-32-23(20-11-12-24-22(15-20)31-26(33)17-36-24)18-37-28(32)29-14-13-19-7-4-3-5-8-19/h3-12,15-16,18H,13-14,17H2,1-2H3,(H,31,33). The van der Waals surface area contributed by atoms with Crippen molar-refractivity contribution in [2.45, 2.75) is 6.42 Å². The summed E-state index contributed by atoms with van der Waals surface area (Å²) in [7, 11) is 3.21. The van der Waals surface area contributed by atoms with Crippen molar-refractivity contribution in [3.8, 4) is 28.5 Å². The first-order valence-corrected chi connectivity index (χ1v) is 12.6. The second kappa shape index (κ2) is 11.1. The van der Waals surface area contributed by atoms with E-state index < -0.39 is 0 Å². The fourth-order valence-corrected chi connectivity index (χ4v) is 4.88. The molecule has 0 unspecified atom stereocenters. The number of thiazole rings is 1. The lowest BCUT2D eigenvalue weighted by molar-refractivity contribution is -0.118. The molecule has 0 fully saturated rings. The Labute approximate surface area is 218 Å². The highest BCUT2D eigenvalue weighted by atomic mass is 32.1. The van der Waals surface area contributed by atoms with Crippen molar-refractivity contribution in [3.05, 3.63) is 88.0 Å². The Balaban J connectivity index is 1.54. The summed E-state index contributed by atoms with van der Waals surface area (Å²) in [6, 6.07) is 21.6. The van der Waals surface area contributed by atoms with Gasteiger partial charge < -0.3 is 19.5 Å². The van der Waals surface area contributed by atoms with Gasteiger partial charge in [-0.15, -0.1) is 11.3 Å². The lowest BCUT2D eigenvalue weighted by Crippen LogP contribution is -2.25. The number of fused-ring (bicyclic) bond motifs is 1. The van der Waals surface area contributed by atoms with E-state index in [0.717, 1.165) is 28.0 Å². The van der Waals surface area contributed by atoms with E-state index in [-0.39, 0.29) is 12.5 Å². The molecule has 1 aliphatic rings. The molecule has 1 N–H and O–H groups in total. The van der Waals surface area contributed by atoms with Gasteiger partial charge in [0.2, 0.25) is 4.80 Å². The van der Waals surface area contributed by atoms with Crippen LogP contribution in [0.1, 0.15) is 11.1 Å². The monoisotopic (exact) mass is 514 g/mol. The van der Waals surface area contributed by atoms with Crippen molar-refractivity contribution < 1.29 is 19.0 Å². The van der Waals surface area contributed by atoms with E-state index in [9.17, 15) is 4.79 Å². The van der Waals surface area contributed by atoms with Crippen molar-refractivity contribution >= 4 is 29.1 Å². The number of aromatic nitrogens is 1. The number of hydrogen-bond donors (Lipinski definition) is 1. The minimum absolute atomic E-state index is 0.0158. The molecule has 3 aromatic carbocycles. The van der Waals surface area contributed by atoms with Crippen LogP contribution >= 0.6 is 11.3 Å². The number of carbonyl (C=O) groups excluding carboxylic acids is 1. The van der Waals surface area contributed by atoms with Gasteiger partial charge in [-0.05, 0) is 42.3 Å². The second-order valence-electron chi connectivity index (χ2n) is 8.21. The molecular weight excluding hydrogens is 488 g/mol. The number of nitrogens with zero attached hydrogens (tertiary/aromatic N) is 3. The van der Waals surface area contributed by atoms with Gasteiger partial charge in [0, 0.05) is 23.1 Å². The van der Waals surface area contributed by atoms with Gasteiger partial charge >= 0.3 is 0 Å². The Morgan fingerprint density at radius 1 is 1.08 bits per heavy atom. The molecular formula is C28H26N4O4S. The SMILES string of the molecule is COc1cccc(C=Nn2c(-c3ccc4c(c3)NC(=O)CO4)csc2=NCCc2ccccc2)c1OC. The largest absolute Gasteiger partial charge is 0.493 e. The van der Waals surface area contributed by atoms with Gasteiger partial charge in [0.15, 0.2) is 18.1 Å². The van der Waals surface area contributed by atoms with E-state index >= 15 is 0 Å². The summed E-state index contributed by atoms with van der Waals surface area (Å²) in [6.45, 7) is 0.637. The Morgan fingerprint density at radius 3 is 2.76 bits per heavy atom. The Kier molecular flexibility index (Phi) is 7.32. The molecule has 9 heteroatoms. The van der Waals surface area contributed by atoms with E-state index in [1.54, 1.807) is 20.4 Å². The molecule has 188 valence electrons. The number of benzene rings is 3. The molecule has 0 saturated heterocycles. The van der Waals surface area contributed by atoms with E-state index in [1.165, 1.54) is 16.9 Å². The zero-order valence-electron chi connectivity index (χ0n) is 20.5. The third kappa shape index (κ3) is 5.41. The van der Waals surface area contributed by atoms with Crippen molar-refractivity contribution in [3.63, 3.8) is 0 Å². The number of nitrogens with one attached hydrogen (secondary N) is 1. The molecule has 1 aliphatic heterocycles. The summed E-state index contributed by atoms with van der Waals surface area (Å²) in [5, 5.41) is 9.68. The van der Waals surface area contributed by atoms with Crippen molar-refractivity contribution in [1.29, 1.82) is 0 Å². The van der Waals surface area contributed by atoms with Gasteiger partial charge in [-0.1, -0.05) is 36.4 Å². The quantitative estimate of drug-likeness (QED) is 0.349. The van der Waals surface area contributed by atoms with Gasteiger partial charge in [-0.25, -0.2) is 4.68 Å². The first kappa shape index (κ1) is 24.3. The molecule has 0 aliphatic carbocycles. The molecule has 0 spiro atoms. The van der Waals surface area contributed by atoms with Crippen molar-refractivity contribution in [1.82, 2.24) is 4.68 Å². The average molecular weight is 515 g/mol. The van der Waals surface area contributed by atoms with Crippen LogP contribution in [0.15, 0.2) is 82.2 Å². The molecule has 2 heterocycles. The molecule has 0 bridgehead atoms. The number of anilines is 1. The van der Waals surface area contributed by atoms with Crippen LogP contribution in [0, 0.1) is 0 Å². The number of methoxy groups -OCH3 is 2. The lowest BCUT2D eigenvalue weighted by atomic mass is 10.1. The lowest BCUT2D eigenvalue weighted by Gasteiger charge is -2.18. The Hall–Kier alpha value is -4.37. The average Bonchev–Trinajstić information content (AvgIpc) is 3.34. The fraction of sp³-hybridized carbons (Fsp3) is 0.179. The first-order chi connectivity index (χ1) is 18.2. The maximum Gasteiger partial charge on any atom is 0.262 e. The molecule has 0 atom stereocenters.